The topological polar surface area (TPSA) is 29.9 Å². The Morgan fingerprint density at radius 3 is 2.40 bits per heavy atom. The second-order valence-electron chi connectivity index (χ2n) is 4.87. The maximum Gasteiger partial charge on any atom is 0.161 e. The molecule has 0 radical (unpaired) electrons. The third-order valence-electron chi connectivity index (χ3n) is 3.02. The molecule has 2 rings (SSSR count). The third-order valence-corrected chi connectivity index (χ3v) is 3.02. The Balaban J connectivity index is 2.61. The molecule has 3 nitrogen and oxygen atoms in total. The molecular weight excluding hydrogens is 267 g/mol. The summed E-state index contributed by atoms with van der Waals surface area (Å²) in [7, 11) is 1.79. The smallest absolute Gasteiger partial charge is 0.161 e. The van der Waals surface area contributed by atoms with Crippen molar-refractivity contribution in [2.24, 2.45) is 0 Å². The lowest BCUT2D eigenvalue weighted by atomic mass is 10.1. The second-order valence-corrected chi connectivity index (χ2v) is 4.87. The molecule has 0 spiro atoms. The maximum absolute atomic E-state index is 13.9. The summed E-state index contributed by atoms with van der Waals surface area (Å²) in [5.74, 6) is -3.08. The van der Waals surface area contributed by atoms with E-state index in [2.05, 4.69) is 10.4 Å². The Labute approximate surface area is 115 Å². The fraction of sp³-hybridized carbons (Fsp3) is 0.357. The van der Waals surface area contributed by atoms with Gasteiger partial charge in [0.15, 0.2) is 17.5 Å². The molecule has 108 valence electrons. The predicted molar refractivity (Wildman–Crippen MR) is 70.3 cm³/mol. The highest BCUT2D eigenvalue weighted by atomic mass is 19.2. The molecule has 1 N–H and O–H groups in total. The zero-order valence-corrected chi connectivity index (χ0v) is 11.5. The van der Waals surface area contributed by atoms with E-state index in [9.17, 15) is 13.2 Å². The van der Waals surface area contributed by atoms with Crippen LogP contribution in [-0.4, -0.2) is 16.8 Å². The van der Waals surface area contributed by atoms with Crippen LogP contribution in [-0.2, 0) is 6.54 Å². The monoisotopic (exact) mass is 283 g/mol. The number of halogens is 3. The van der Waals surface area contributed by atoms with Crippen LogP contribution in [0.4, 0.5) is 13.2 Å². The fourth-order valence-corrected chi connectivity index (χ4v) is 2.20. The summed E-state index contributed by atoms with van der Waals surface area (Å²) in [6, 6.07) is 1.36. The Kier molecular flexibility index (Phi) is 4.13. The van der Waals surface area contributed by atoms with E-state index in [1.165, 1.54) is 4.68 Å². The van der Waals surface area contributed by atoms with E-state index in [0.717, 1.165) is 17.3 Å². The molecule has 0 saturated carbocycles. The molecule has 0 atom stereocenters. The van der Waals surface area contributed by atoms with Crippen LogP contribution in [0.1, 0.15) is 31.0 Å². The normalized spacial score (nSPS) is 11.3. The van der Waals surface area contributed by atoms with Crippen LogP contribution in [0, 0.1) is 17.5 Å². The Morgan fingerprint density at radius 1 is 1.15 bits per heavy atom. The molecule has 0 amide bonds. The quantitative estimate of drug-likeness (QED) is 0.874. The van der Waals surface area contributed by atoms with Gasteiger partial charge in [0.1, 0.15) is 5.69 Å². The van der Waals surface area contributed by atoms with Gasteiger partial charge >= 0.3 is 0 Å². The average molecular weight is 283 g/mol. The number of benzene rings is 1. The van der Waals surface area contributed by atoms with Crippen molar-refractivity contribution in [1.29, 1.82) is 0 Å². The van der Waals surface area contributed by atoms with Crippen molar-refractivity contribution >= 4 is 0 Å². The van der Waals surface area contributed by atoms with Crippen LogP contribution < -0.4 is 5.32 Å². The van der Waals surface area contributed by atoms with E-state index in [-0.39, 0.29) is 11.6 Å². The first-order chi connectivity index (χ1) is 9.45. The molecule has 6 heteroatoms. The lowest BCUT2D eigenvalue weighted by Gasteiger charge is -2.13. The van der Waals surface area contributed by atoms with Crippen molar-refractivity contribution in [3.63, 3.8) is 0 Å². The van der Waals surface area contributed by atoms with Gasteiger partial charge < -0.3 is 5.32 Å². The molecule has 0 saturated heterocycles. The third kappa shape index (κ3) is 2.56. The Hall–Kier alpha value is -1.82. The first-order valence-corrected chi connectivity index (χ1v) is 6.32. The highest BCUT2D eigenvalue weighted by molar-refractivity contribution is 5.38. The highest BCUT2D eigenvalue weighted by Crippen LogP contribution is 2.25. The zero-order valence-electron chi connectivity index (χ0n) is 11.5. The van der Waals surface area contributed by atoms with Gasteiger partial charge in [0.25, 0.3) is 0 Å². The van der Waals surface area contributed by atoms with Crippen molar-refractivity contribution in [2.45, 2.75) is 26.3 Å². The molecule has 0 aliphatic heterocycles. The largest absolute Gasteiger partial charge is 0.316 e. The van der Waals surface area contributed by atoms with Gasteiger partial charge in [-0.15, -0.1) is 0 Å². The molecule has 1 heterocycles. The fourth-order valence-electron chi connectivity index (χ4n) is 2.20. The number of hydrogen-bond donors (Lipinski definition) is 1. The minimum Gasteiger partial charge on any atom is -0.316 e. The summed E-state index contributed by atoms with van der Waals surface area (Å²) >= 11 is 0. The summed E-state index contributed by atoms with van der Waals surface area (Å²) in [6.07, 6.45) is 1.60. The molecule has 0 aliphatic carbocycles. The van der Waals surface area contributed by atoms with Gasteiger partial charge in [0, 0.05) is 24.2 Å². The van der Waals surface area contributed by atoms with E-state index < -0.39 is 17.5 Å². The van der Waals surface area contributed by atoms with Gasteiger partial charge in [-0.05, 0) is 13.0 Å². The van der Waals surface area contributed by atoms with E-state index in [4.69, 9.17) is 0 Å². The summed E-state index contributed by atoms with van der Waals surface area (Å²) in [5, 5.41) is 7.10. The van der Waals surface area contributed by atoms with Gasteiger partial charge in [0.2, 0.25) is 0 Å². The van der Waals surface area contributed by atoms with Crippen molar-refractivity contribution in [1.82, 2.24) is 15.1 Å². The van der Waals surface area contributed by atoms with Crippen molar-refractivity contribution in [3.05, 3.63) is 47.0 Å². The van der Waals surface area contributed by atoms with Crippen LogP contribution >= 0.6 is 0 Å². The molecule has 0 unspecified atom stereocenters. The standard InChI is InChI=1S/C14H16F3N3/c1-8(2)14-9(6-18-3)7-19-20(14)13-5-11(16)10(15)4-12(13)17/h4-5,7-8,18H,6H2,1-3H3. The van der Waals surface area contributed by atoms with Gasteiger partial charge in [-0.3, -0.25) is 0 Å². The molecule has 0 aliphatic rings. The van der Waals surface area contributed by atoms with Crippen LogP contribution in [0.15, 0.2) is 18.3 Å². The molecular formula is C14H16F3N3. The van der Waals surface area contributed by atoms with Gasteiger partial charge in [-0.2, -0.15) is 5.10 Å². The zero-order chi connectivity index (χ0) is 14.9. The van der Waals surface area contributed by atoms with Crippen LogP contribution in [0.5, 0.6) is 0 Å². The van der Waals surface area contributed by atoms with Crippen molar-refractivity contribution in [2.75, 3.05) is 7.05 Å². The van der Waals surface area contributed by atoms with Gasteiger partial charge in [-0.25, -0.2) is 17.9 Å². The van der Waals surface area contributed by atoms with Crippen molar-refractivity contribution < 1.29 is 13.2 Å². The number of aromatic nitrogens is 2. The summed E-state index contributed by atoms with van der Waals surface area (Å²) in [4.78, 5) is 0. The van der Waals surface area contributed by atoms with E-state index in [0.29, 0.717) is 12.6 Å². The molecule has 20 heavy (non-hydrogen) atoms. The van der Waals surface area contributed by atoms with E-state index in [1.807, 2.05) is 13.8 Å². The molecule has 0 bridgehead atoms. The minimum absolute atomic E-state index is 0.0633. The number of hydrogen-bond acceptors (Lipinski definition) is 2. The first kappa shape index (κ1) is 14.6. The number of rotatable bonds is 4. The lowest BCUT2D eigenvalue weighted by molar-refractivity contribution is 0.490. The molecule has 1 aromatic heterocycles. The number of nitrogens with one attached hydrogen (secondary N) is 1. The second kappa shape index (κ2) is 5.66. The van der Waals surface area contributed by atoms with Gasteiger partial charge in [0.05, 0.1) is 11.9 Å². The lowest BCUT2D eigenvalue weighted by Crippen LogP contribution is -2.11. The van der Waals surface area contributed by atoms with Crippen molar-refractivity contribution in [3.8, 4) is 5.69 Å². The maximum atomic E-state index is 13.9. The van der Waals surface area contributed by atoms with Crippen LogP contribution in [0.3, 0.4) is 0 Å². The van der Waals surface area contributed by atoms with E-state index in [1.54, 1.807) is 13.2 Å². The SMILES string of the molecule is CNCc1cnn(-c2cc(F)c(F)cc2F)c1C(C)C. The van der Waals surface area contributed by atoms with Gasteiger partial charge in [-0.1, -0.05) is 13.8 Å². The predicted octanol–water partition coefficient (Wildman–Crippen LogP) is 3.13. The Morgan fingerprint density at radius 2 is 1.80 bits per heavy atom. The summed E-state index contributed by atoms with van der Waals surface area (Å²) in [5.41, 5.74) is 1.57. The highest BCUT2D eigenvalue weighted by Gasteiger charge is 2.19. The molecule has 0 fully saturated rings. The minimum atomic E-state index is -1.21. The molecule has 2 aromatic rings. The first-order valence-electron chi connectivity index (χ1n) is 6.32. The number of nitrogens with zero attached hydrogens (tertiary/aromatic N) is 2. The summed E-state index contributed by atoms with van der Waals surface area (Å²) in [6.45, 7) is 4.44. The summed E-state index contributed by atoms with van der Waals surface area (Å²) < 4.78 is 41.5. The van der Waals surface area contributed by atoms with Crippen LogP contribution in [0.25, 0.3) is 5.69 Å². The van der Waals surface area contributed by atoms with Crippen LogP contribution in [0.2, 0.25) is 0 Å². The average Bonchev–Trinajstić information content (AvgIpc) is 2.78. The molecule has 1 aromatic carbocycles. The van der Waals surface area contributed by atoms with E-state index >= 15 is 0 Å². The Bertz CT molecular complexity index is 620.